The topological polar surface area (TPSA) is 67.8 Å². The summed E-state index contributed by atoms with van der Waals surface area (Å²) in [5.74, 6) is -0.285. The molecule has 2 heterocycles. The number of hydrogen-bond donors (Lipinski definition) is 1. The van der Waals surface area contributed by atoms with Crippen molar-refractivity contribution in [3.8, 4) is 11.3 Å². The summed E-state index contributed by atoms with van der Waals surface area (Å²) in [6.07, 6.45) is -3.00. The monoisotopic (exact) mass is 378 g/mol. The number of halogens is 4. The normalized spacial score (nSPS) is 11.2. The first-order valence-corrected chi connectivity index (χ1v) is 7.65. The molecule has 0 spiro atoms. The Labute approximate surface area is 150 Å². The summed E-state index contributed by atoms with van der Waals surface area (Å²) in [6.45, 7) is 0. The number of aromatic nitrogens is 3. The van der Waals surface area contributed by atoms with E-state index in [4.69, 9.17) is 11.6 Å². The number of nitrogens with zero attached hydrogens (tertiary/aromatic N) is 3. The van der Waals surface area contributed by atoms with Gasteiger partial charge in [-0.1, -0.05) is 23.7 Å². The smallest absolute Gasteiger partial charge is 0.304 e. The van der Waals surface area contributed by atoms with Crippen LogP contribution in [0.2, 0.25) is 5.02 Å². The van der Waals surface area contributed by atoms with Crippen LogP contribution in [0.15, 0.2) is 54.7 Å². The molecule has 132 valence electrons. The van der Waals surface area contributed by atoms with Crippen molar-refractivity contribution < 1.29 is 18.0 Å². The highest BCUT2D eigenvalue weighted by atomic mass is 35.5. The van der Waals surface area contributed by atoms with Crippen LogP contribution in [-0.4, -0.2) is 21.1 Å². The van der Waals surface area contributed by atoms with Gasteiger partial charge in [-0.3, -0.25) is 9.78 Å². The molecule has 0 saturated heterocycles. The van der Waals surface area contributed by atoms with Gasteiger partial charge in [-0.2, -0.15) is 13.2 Å². The van der Waals surface area contributed by atoms with E-state index in [9.17, 15) is 18.0 Å². The molecule has 0 aliphatic heterocycles. The number of carbonyl (C=O) groups excluding carboxylic acids is 1. The number of pyridine rings is 1. The Balaban J connectivity index is 1.79. The second-order valence-corrected chi connectivity index (χ2v) is 5.57. The molecule has 1 N–H and O–H groups in total. The van der Waals surface area contributed by atoms with Gasteiger partial charge in [0.25, 0.3) is 5.91 Å². The highest BCUT2D eigenvalue weighted by Gasteiger charge is 2.31. The molecule has 5 nitrogen and oxygen atoms in total. The molecular weight excluding hydrogens is 369 g/mol. The lowest BCUT2D eigenvalue weighted by Crippen LogP contribution is -2.14. The number of nitrogens with one attached hydrogen (secondary N) is 1. The van der Waals surface area contributed by atoms with Gasteiger partial charge >= 0.3 is 6.18 Å². The van der Waals surface area contributed by atoms with Gasteiger partial charge in [0.05, 0.1) is 16.3 Å². The number of alkyl halides is 3. The minimum atomic E-state index is -4.48. The third-order valence-electron chi connectivity index (χ3n) is 3.38. The predicted octanol–water partition coefficient (Wildman–Crippen LogP) is 4.46. The molecule has 1 amide bonds. The van der Waals surface area contributed by atoms with Crippen LogP contribution in [-0.2, 0) is 6.18 Å². The van der Waals surface area contributed by atoms with Crippen molar-refractivity contribution >= 4 is 23.3 Å². The van der Waals surface area contributed by atoms with Gasteiger partial charge < -0.3 is 5.32 Å². The maximum absolute atomic E-state index is 12.7. The Morgan fingerprint density at radius 2 is 1.85 bits per heavy atom. The average Bonchev–Trinajstić information content (AvgIpc) is 2.62. The van der Waals surface area contributed by atoms with E-state index < -0.39 is 17.6 Å². The summed E-state index contributed by atoms with van der Waals surface area (Å²) in [4.78, 5) is 15.9. The lowest BCUT2D eigenvalue weighted by atomic mass is 10.1. The third kappa shape index (κ3) is 3.97. The highest BCUT2D eigenvalue weighted by Crippen LogP contribution is 2.34. The first kappa shape index (κ1) is 17.8. The molecule has 26 heavy (non-hydrogen) atoms. The van der Waals surface area contributed by atoms with Crippen LogP contribution < -0.4 is 5.32 Å². The minimum Gasteiger partial charge on any atom is -0.304 e. The Hall–Kier alpha value is -3.00. The summed E-state index contributed by atoms with van der Waals surface area (Å²) in [7, 11) is 0. The van der Waals surface area contributed by atoms with E-state index in [1.165, 1.54) is 24.4 Å². The standard InChI is InChI=1S/C17H10ClF3N4O/c18-12-9-10(17(19,20)21)4-5-11(12)13-6-7-15(25-24-13)23-16(26)14-3-1-2-8-22-14/h1-9H,(H,23,25,26). The van der Waals surface area contributed by atoms with Gasteiger partial charge in [-0.05, 0) is 36.4 Å². The number of carbonyl (C=O) groups is 1. The molecule has 0 aliphatic carbocycles. The summed E-state index contributed by atoms with van der Waals surface area (Å²) >= 11 is 5.93. The minimum absolute atomic E-state index is 0.0978. The molecule has 2 aromatic heterocycles. The first-order valence-electron chi connectivity index (χ1n) is 7.28. The molecule has 0 unspecified atom stereocenters. The van der Waals surface area contributed by atoms with E-state index in [0.717, 1.165) is 12.1 Å². The Morgan fingerprint density at radius 1 is 1.04 bits per heavy atom. The van der Waals surface area contributed by atoms with Crippen LogP contribution in [0.25, 0.3) is 11.3 Å². The Bertz CT molecular complexity index is 931. The van der Waals surface area contributed by atoms with Gasteiger partial charge in [0, 0.05) is 11.8 Å². The van der Waals surface area contributed by atoms with Crippen LogP contribution in [0.5, 0.6) is 0 Å². The number of benzene rings is 1. The zero-order valence-corrected chi connectivity index (χ0v) is 13.7. The van der Waals surface area contributed by atoms with Gasteiger partial charge in [-0.25, -0.2) is 0 Å². The lowest BCUT2D eigenvalue weighted by molar-refractivity contribution is -0.137. The Morgan fingerprint density at radius 3 is 2.42 bits per heavy atom. The van der Waals surface area contributed by atoms with Gasteiger partial charge in [-0.15, -0.1) is 10.2 Å². The molecule has 0 bridgehead atoms. The molecular formula is C17H10ClF3N4O. The van der Waals surface area contributed by atoms with Gasteiger partial charge in [0.2, 0.25) is 0 Å². The molecule has 0 radical (unpaired) electrons. The molecule has 0 atom stereocenters. The quantitative estimate of drug-likeness (QED) is 0.730. The summed E-state index contributed by atoms with van der Waals surface area (Å²) in [5, 5.41) is 10.2. The molecule has 0 saturated carbocycles. The van der Waals surface area contributed by atoms with Crippen molar-refractivity contribution in [1.29, 1.82) is 0 Å². The van der Waals surface area contributed by atoms with E-state index in [-0.39, 0.29) is 22.2 Å². The van der Waals surface area contributed by atoms with Crippen LogP contribution in [0.1, 0.15) is 16.1 Å². The van der Waals surface area contributed by atoms with Crippen molar-refractivity contribution in [2.45, 2.75) is 6.18 Å². The maximum Gasteiger partial charge on any atom is 0.416 e. The van der Waals surface area contributed by atoms with Crippen LogP contribution >= 0.6 is 11.6 Å². The number of anilines is 1. The van der Waals surface area contributed by atoms with Crippen LogP contribution in [0, 0.1) is 0 Å². The molecule has 3 rings (SSSR count). The zero-order chi connectivity index (χ0) is 18.7. The fourth-order valence-corrected chi connectivity index (χ4v) is 2.40. The van der Waals surface area contributed by atoms with Crippen molar-refractivity contribution in [3.05, 3.63) is 71.0 Å². The van der Waals surface area contributed by atoms with E-state index in [0.29, 0.717) is 5.56 Å². The number of rotatable bonds is 3. The lowest BCUT2D eigenvalue weighted by Gasteiger charge is -2.10. The molecule has 3 aromatic rings. The molecule has 0 fully saturated rings. The fourth-order valence-electron chi connectivity index (χ4n) is 2.12. The zero-order valence-electron chi connectivity index (χ0n) is 13.0. The van der Waals surface area contributed by atoms with E-state index >= 15 is 0 Å². The van der Waals surface area contributed by atoms with E-state index in [1.54, 1.807) is 18.2 Å². The SMILES string of the molecule is O=C(Nc1ccc(-c2ccc(C(F)(F)F)cc2Cl)nn1)c1ccccn1. The van der Waals surface area contributed by atoms with Gasteiger partial charge in [0.15, 0.2) is 5.82 Å². The Kier molecular flexibility index (Phi) is 4.85. The van der Waals surface area contributed by atoms with E-state index in [2.05, 4.69) is 20.5 Å². The van der Waals surface area contributed by atoms with Crippen molar-refractivity contribution in [1.82, 2.24) is 15.2 Å². The highest BCUT2D eigenvalue weighted by molar-refractivity contribution is 6.33. The maximum atomic E-state index is 12.7. The third-order valence-corrected chi connectivity index (χ3v) is 3.69. The molecule has 9 heteroatoms. The predicted molar refractivity (Wildman–Crippen MR) is 89.7 cm³/mol. The largest absolute Gasteiger partial charge is 0.416 e. The second-order valence-electron chi connectivity index (χ2n) is 5.17. The molecule has 1 aromatic carbocycles. The van der Waals surface area contributed by atoms with Crippen LogP contribution in [0.4, 0.5) is 19.0 Å². The second kappa shape index (κ2) is 7.09. The van der Waals surface area contributed by atoms with Crippen molar-refractivity contribution in [2.24, 2.45) is 0 Å². The number of amides is 1. The summed E-state index contributed by atoms with van der Waals surface area (Å²) in [6, 6.07) is 10.8. The molecule has 0 aliphatic rings. The average molecular weight is 379 g/mol. The number of hydrogen-bond acceptors (Lipinski definition) is 4. The fraction of sp³-hybridized carbons (Fsp3) is 0.0588. The summed E-state index contributed by atoms with van der Waals surface area (Å²) in [5.41, 5.74) is -0.0584. The van der Waals surface area contributed by atoms with Crippen molar-refractivity contribution in [3.63, 3.8) is 0 Å². The summed E-state index contributed by atoms with van der Waals surface area (Å²) < 4.78 is 38.1. The van der Waals surface area contributed by atoms with Crippen molar-refractivity contribution in [2.75, 3.05) is 5.32 Å². The van der Waals surface area contributed by atoms with Crippen LogP contribution in [0.3, 0.4) is 0 Å². The first-order chi connectivity index (χ1) is 12.3. The van der Waals surface area contributed by atoms with E-state index in [1.807, 2.05) is 0 Å². The van der Waals surface area contributed by atoms with Gasteiger partial charge in [0.1, 0.15) is 5.69 Å².